The van der Waals surface area contributed by atoms with Crippen LogP contribution in [0.25, 0.3) is 0 Å². The Bertz CT molecular complexity index is 341. The van der Waals surface area contributed by atoms with E-state index >= 15 is 0 Å². The molecule has 6 heteroatoms. The molecule has 0 aliphatic rings. The van der Waals surface area contributed by atoms with Crippen molar-refractivity contribution in [2.24, 2.45) is 0 Å². The highest BCUT2D eigenvalue weighted by Crippen LogP contribution is 2.15. The number of amides is 2. The zero-order valence-electron chi connectivity index (χ0n) is 14.3. The Morgan fingerprint density at radius 3 is 1.90 bits per heavy atom. The van der Waals surface area contributed by atoms with Gasteiger partial charge in [-0.1, -0.05) is 13.8 Å². The highest BCUT2D eigenvalue weighted by Gasteiger charge is 2.36. The van der Waals surface area contributed by atoms with E-state index in [1.807, 2.05) is 6.92 Å². The molecule has 0 aliphatic carbocycles. The van der Waals surface area contributed by atoms with Crippen LogP contribution in [0, 0.1) is 0 Å². The van der Waals surface area contributed by atoms with Gasteiger partial charge < -0.3 is 19.8 Å². The summed E-state index contributed by atoms with van der Waals surface area (Å²) in [4.78, 5) is 29.0. The van der Waals surface area contributed by atoms with E-state index in [0.29, 0.717) is 13.1 Å². The van der Waals surface area contributed by atoms with E-state index in [2.05, 4.69) is 18.7 Å². The van der Waals surface area contributed by atoms with Crippen LogP contribution in [0.2, 0.25) is 0 Å². The number of hydrogen-bond donors (Lipinski definition) is 1. The molecule has 21 heavy (non-hydrogen) atoms. The molecule has 124 valence electrons. The van der Waals surface area contributed by atoms with Crippen LogP contribution in [0.1, 0.15) is 41.0 Å². The van der Waals surface area contributed by atoms with Crippen molar-refractivity contribution in [3.8, 4) is 0 Å². The highest BCUT2D eigenvalue weighted by atomic mass is 16.4. The van der Waals surface area contributed by atoms with Crippen molar-refractivity contribution in [3.05, 3.63) is 0 Å². The van der Waals surface area contributed by atoms with E-state index in [4.69, 9.17) is 0 Å². The first-order valence-electron chi connectivity index (χ1n) is 7.70. The molecule has 0 saturated heterocycles. The number of aliphatic carboxylic acids is 1. The second-order valence-electron chi connectivity index (χ2n) is 5.67. The van der Waals surface area contributed by atoms with Gasteiger partial charge in [-0.3, -0.25) is 0 Å². The summed E-state index contributed by atoms with van der Waals surface area (Å²) in [6.07, 6.45) is 0.891. The fourth-order valence-corrected chi connectivity index (χ4v) is 2.01. The second-order valence-corrected chi connectivity index (χ2v) is 5.67. The molecule has 2 amide bonds. The molecule has 1 N–H and O–H groups in total. The highest BCUT2D eigenvalue weighted by molar-refractivity contribution is 5.85. The van der Waals surface area contributed by atoms with Crippen molar-refractivity contribution < 1.29 is 14.7 Å². The van der Waals surface area contributed by atoms with E-state index in [9.17, 15) is 14.7 Å². The Labute approximate surface area is 128 Å². The maximum Gasteiger partial charge on any atom is 0.329 e. The summed E-state index contributed by atoms with van der Waals surface area (Å²) >= 11 is 0. The molecule has 0 radical (unpaired) electrons. The SMILES string of the molecule is CCN(CC)CCCN(CC)C(=O)N(C)C(C)(C)C(=O)O. The van der Waals surface area contributed by atoms with E-state index in [0.717, 1.165) is 26.1 Å². The van der Waals surface area contributed by atoms with Crippen LogP contribution in [0.15, 0.2) is 0 Å². The van der Waals surface area contributed by atoms with Crippen molar-refractivity contribution in [3.63, 3.8) is 0 Å². The monoisotopic (exact) mass is 301 g/mol. The average molecular weight is 301 g/mol. The van der Waals surface area contributed by atoms with Crippen molar-refractivity contribution in [2.45, 2.75) is 46.6 Å². The van der Waals surface area contributed by atoms with Gasteiger partial charge in [0.1, 0.15) is 5.54 Å². The molecular formula is C15H31N3O3. The summed E-state index contributed by atoms with van der Waals surface area (Å²) in [5.74, 6) is -1.00. The van der Waals surface area contributed by atoms with Gasteiger partial charge in [-0.2, -0.15) is 0 Å². The second kappa shape index (κ2) is 8.87. The average Bonchev–Trinajstić information content (AvgIpc) is 2.46. The van der Waals surface area contributed by atoms with Crippen LogP contribution in [-0.4, -0.2) is 77.1 Å². The van der Waals surface area contributed by atoms with E-state index in [1.165, 1.54) is 18.7 Å². The first kappa shape index (κ1) is 19.7. The van der Waals surface area contributed by atoms with Crippen LogP contribution in [0.4, 0.5) is 4.79 Å². The fraction of sp³-hybridized carbons (Fsp3) is 0.867. The number of nitrogens with zero attached hydrogens (tertiary/aromatic N) is 3. The molecule has 0 fully saturated rings. The number of carboxylic acids is 1. The Kier molecular flexibility index (Phi) is 8.32. The van der Waals surface area contributed by atoms with E-state index in [-0.39, 0.29) is 6.03 Å². The molecule has 0 rings (SSSR count). The van der Waals surface area contributed by atoms with Gasteiger partial charge in [0.05, 0.1) is 0 Å². The van der Waals surface area contributed by atoms with Crippen molar-refractivity contribution in [1.82, 2.24) is 14.7 Å². The molecule has 0 atom stereocenters. The van der Waals surface area contributed by atoms with Crippen molar-refractivity contribution in [2.75, 3.05) is 39.8 Å². The minimum absolute atomic E-state index is 0.232. The first-order valence-corrected chi connectivity index (χ1v) is 7.70. The molecule has 0 unspecified atom stereocenters. The normalized spacial score (nSPS) is 11.6. The smallest absolute Gasteiger partial charge is 0.329 e. The minimum Gasteiger partial charge on any atom is -0.480 e. The predicted molar refractivity (Wildman–Crippen MR) is 84.5 cm³/mol. The number of carbonyl (C=O) groups is 2. The van der Waals surface area contributed by atoms with Gasteiger partial charge in [0.15, 0.2) is 0 Å². The van der Waals surface area contributed by atoms with E-state index in [1.54, 1.807) is 11.9 Å². The summed E-state index contributed by atoms with van der Waals surface area (Å²) in [5.41, 5.74) is -1.20. The lowest BCUT2D eigenvalue weighted by Gasteiger charge is -2.36. The van der Waals surface area contributed by atoms with Gasteiger partial charge in [0.2, 0.25) is 0 Å². The third-order valence-corrected chi connectivity index (χ3v) is 4.10. The summed E-state index contributed by atoms with van der Waals surface area (Å²) in [7, 11) is 1.55. The zero-order chi connectivity index (χ0) is 16.6. The number of carbonyl (C=O) groups excluding carboxylic acids is 1. The van der Waals surface area contributed by atoms with Gasteiger partial charge in [-0.05, 0) is 46.8 Å². The van der Waals surface area contributed by atoms with Gasteiger partial charge in [0, 0.05) is 20.1 Å². The van der Waals surface area contributed by atoms with Gasteiger partial charge in [-0.25, -0.2) is 9.59 Å². The quantitative estimate of drug-likeness (QED) is 0.707. The number of hydrogen-bond acceptors (Lipinski definition) is 3. The molecule has 0 aromatic carbocycles. The van der Waals surface area contributed by atoms with Gasteiger partial charge in [-0.15, -0.1) is 0 Å². The fourth-order valence-electron chi connectivity index (χ4n) is 2.01. The molecule has 0 aromatic rings. The van der Waals surface area contributed by atoms with Crippen molar-refractivity contribution in [1.29, 1.82) is 0 Å². The van der Waals surface area contributed by atoms with Crippen LogP contribution < -0.4 is 0 Å². The van der Waals surface area contributed by atoms with Crippen LogP contribution in [-0.2, 0) is 4.79 Å². The number of likely N-dealkylation sites (N-methyl/N-ethyl adjacent to an activating group) is 1. The number of carboxylic acid groups (broad SMARTS) is 1. The third-order valence-electron chi connectivity index (χ3n) is 4.10. The molecule has 6 nitrogen and oxygen atoms in total. The maximum atomic E-state index is 12.4. The Morgan fingerprint density at radius 1 is 1.00 bits per heavy atom. The van der Waals surface area contributed by atoms with E-state index < -0.39 is 11.5 Å². The lowest BCUT2D eigenvalue weighted by atomic mass is 10.0. The largest absolute Gasteiger partial charge is 0.480 e. The van der Waals surface area contributed by atoms with Gasteiger partial charge >= 0.3 is 12.0 Å². The Hall–Kier alpha value is -1.30. The van der Waals surface area contributed by atoms with Crippen LogP contribution >= 0.6 is 0 Å². The molecule has 0 saturated carbocycles. The summed E-state index contributed by atoms with van der Waals surface area (Å²) in [6.45, 7) is 13.4. The lowest BCUT2D eigenvalue weighted by molar-refractivity contribution is -0.147. The first-order chi connectivity index (χ1) is 9.72. The number of rotatable bonds is 9. The topological polar surface area (TPSA) is 64.1 Å². The van der Waals surface area contributed by atoms with Gasteiger partial charge in [0.25, 0.3) is 0 Å². The minimum atomic E-state index is -1.20. The standard InChI is InChI=1S/C15H31N3O3/c1-7-17(8-2)11-10-12-18(9-3)14(21)16(6)15(4,5)13(19)20/h7-12H2,1-6H3,(H,19,20). The maximum absolute atomic E-state index is 12.4. The van der Waals surface area contributed by atoms with Crippen LogP contribution in [0.3, 0.4) is 0 Å². The summed E-state index contributed by atoms with van der Waals surface area (Å²) < 4.78 is 0. The zero-order valence-corrected chi connectivity index (χ0v) is 14.3. The molecule has 0 heterocycles. The Balaban J connectivity index is 4.59. The molecule has 0 bridgehead atoms. The molecular weight excluding hydrogens is 270 g/mol. The predicted octanol–water partition coefficient (Wildman–Crippen LogP) is 1.96. The summed E-state index contributed by atoms with van der Waals surface area (Å²) in [6, 6.07) is -0.232. The third kappa shape index (κ3) is 5.53. The number of urea groups is 1. The molecule has 0 spiro atoms. The van der Waals surface area contributed by atoms with Crippen molar-refractivity contribution >= 4 is 12.0 Å². The lowest BCUT2D eigenvalue weighted by Crippen LogP contribution is -2.55. The molecule has 0 aromatic heterocycles. The molecule has 0 aliphatic heterocycles. The Morgan fingerprint density at radius 2 is 1.52 bits per heavy atom. The van der Waals surface area contributed by atoms with Crippen LogP contribution in [0.5, 0.6) is 0 Å². The summed E-state index contributed by atoms with van der Waals surface area (Å²) in [5, 5.41) is 9.21.